The van der Waals surface area contributed by atoms with Gasteiger partial charge in [-0.1, -0.05) is 32.0 Å². The molecule has 0 heterocycles. The highest BCUT2D eigenvalue weighted by Crippen LogP contribution is 2.21. The van der Waals surface area contributed by atoms with Crippen molar-refractivity contribution in [1.29, 1.82) is 0 Å². The number of rotatable bonds is 4. The molecular formula is C12H15ClO. The van der Waals surface area contributed by atoms with Crippen LogP contribution in [0.25, 0.3) is 0 Å². The molecule has 0 fully saturated rings. The topological polar surface area (TPSA) is 17.1 Å². The predicted molar refractivity (Wildman–Crippen MR) is 59.9 cm³/mol. The lowest BCUT2D eigenvalue weighted by Gasteiger charge is -2.11. The van der Waals surface area contributed by atoms with Crippen LogP contribution in [0.15, 0.2) is 18.2 Å². The molecule has 1 atom stereocenters. The Morgan fingerprint density at radius 3 is 2.71 bits per heavy atom. The Balaban J connectivity index is 3.14. The van der Waals surface area contributed by atoms with Crippen LogP contribution in [0.4, 0.5) is 0 Å². The van der Waals surface area contributed by atoms with E-state index < -0.39 is 0 Å². The van der Waals surface area contributed by atoms with E-state index in [4.69, 9.17) is 11.6 Å². The molecule has 0 spiro atoms. The van der Waals surface area contributed by atoms with Gasteiger partial charge in [0.25, 0.3) is 0 Å². The van der Waals surface area contributed by atoms with Crippen LogP contribution in [0.1, 0.15) is 36.5 Å². The number of hydrogen-bond acceptors (Lipinski definition) is 1. The molecule has 2 heteroatoms. The lowest BCUT2D eigenvalue weighted by atomic mass is 9.94. The van der Waals surface area contributed by atoms with Crippen molar-refractivity contribution in [3.05, 3.63) is 34.9 Å². The molecule has 0 N–H and O–H groups in total. The van der Waals surface area contributed by atoms with Gasteiger partial charge in [-0.3, -0.25) is 0 Å². The van der Waals surface area contributed by atoms with Crippen LogP contribution in [-0.4, -0.2) is 6.29 Å². The molecule has 1 unspecified atom stereocenters. The second-order valence-corrected chi connectivity index (χ2v) is 3.71. The number of carbonyl (C=O) groups excluding carboxylic acids is 1. The van der Waals surface area contributed by atoms with Crippen LogP contribution in [0, 0.1) is 0 Å². The number of aldehydes is 1. The van der Waals surface area contributed by atoms with E-state index in [0.29, 0.717) is 5.88 Å². The van der Waals surface area contributed by atoms with Gasteiger partial charge in [0, 0.05) is 11.8 Å². The van der Waals surface area contributed by atoms with E-state index in [0.717, 1.165) is 23.8 Å². The van der Waals surface area contributed by atoms with Crippen LogP contribution in [-0.2, 0) is 17.1 Å². The minimum atomic E-state index is -0.0342. The van der Waals surface area contributed by atoms with Gasteiger partial charge < -0.3 is 4.79 Å². The van der Waals surface area contributed by atoms with Gasteiger partial charge in [-0.05, 0) is 23.1 Å². The first-order valence-corrected chi connectivity index (χ1v) is 5.39. The molecule has 1 rings (SSSR count). The zero-order valence-electron chi connectivity index (χ0n) is 8.59. The number of carbonyl (C=O) groups is 1. The molecule has 76 valence electrons. The third-order valence-electron chi connectivity index (χ3n) is 2.44. The molecule has 0 aliphatic heterocycles. The van der Waals surface area contributed by atoms with Crippen molar-refractivity contribution in [2.24, 2.45) is 0 Å². The predicted octanol–water partition coefficient (Wildman–Crippen LogP) is 3.29. The van der Waals surface area contributed by atoms with E-state index in [1.54, 1.807) is 0 Å². The fraction of sp³-hybridized carbons (Fsp3) is 0.417. The zero-order valence-corrected chi connectivity index (χ0v) is 9.34. The van der Waals surface area contributed by atoms with Crippen molar-refractivity contribution in [2.75, 3.05) is 0 Å². The molecule has 0 radical (unpaired) electrons. The Morgan fingerprint density at radius 1 is 1.50 bits per heavy atom. The normalized spacial score (nSPS) is 12.5. The first-order chi connectivity index (χ1) is 6.72. The monoisotopic (exact) mass is 210 g/mol. The molecule has 0 amide bonds. The summed E-state index contributed by atoms with van der Waals surface area (Å²) in [5.74, 6) is 0.468. The van der Waals surface area contributed by atoms with E-state index in [1.807, 2.05) is 19.1 Å². The van der Waals surface area contributed by atoms with Crippen LogP contribution in [0.3, 0.4) is 0 Å². The Kier molecular flexibility index (Phi) is 4.15. The average molecular weight is 211 g/mol. The van der Waals surface area contributed by atoms with Crippen LogP contribution < -0.4 is 0 Å². The van der Waals surface area contributed by atoms with Gasteiger partial charge in [-0.2, -0.15) is 0 Å². The summed E-state index contributed by atoms with van der Waals surface area (Å²) in [6.45, 7) is 4.01. The second kappa shape index (κ2) is 5.16. The zero-order chi connectivity index (χ0) is 10.6. The van der Waals surface area contributed by atoms with Crippen LogP contribution in [0.5, 0.6) is 0 Å². The van der Waals surface area contributed by atoms with Gasteiger partial charge in [0.1, 0.15) is 6.29 Å². The summed E-state index contributed by atoms with van der Waals surface area (Å²) < 4.78 is 0. The average Bonchev–Trinajstić information content (AvgIpc) is 2.27. The largest absolute Gasteiger partial charge is 0.303 e. The van der Waals surface area contributed by atoms with Crippen molar-refractivity contribution in [3.63, 3.8) is 0 Å². The lowest BCUT2D eigenvalue weighted by molar-refractivity contribution is -0.108. The maximum atomic E-state index is 10.7. The van der Waals surface area contributed by atoms with Crippen molar-refractivity contribution in [2.45, 2.75) is 32.1 Å². The van der Waals surface area contributed by atoms with Gasteiger partial charge in [-0.25, -0.2) is 0 Å². The van der Waals surface area contributed by atoms with Gasteiger partial charge in [0.2, 0.25) is 0 Å². The van der Waals surface area contributed by atoms with Gasteiger partial charge in [0.15, 0.2) is 0 Å². The van der Waals surface area contributed by atoms with E-state index in [9.17, 15) is 4.79 Å². The summed E-state index contributed by atoms with van der Waals surface area (Å²) in [5.41, 5.74) is 3.42. The van der Waals surface area contributed by atoms with Gasteiger partial charge >= 0.3 is 0 Å². The fourth-order valence-electron chi connectivity index (χ4n) is 1.55. The quantitative estimate of drug-likeness (QED) is 0.551. The molecule has 0 bridgehead atoms. The summed E-state index contributed by atoms with van der Waals surface area (Å²) >= 11 is 5.75. The minimum absolute atomic E-state index is 0.0342. The molecule has 0 saturated carbocycles. The second-order valence-electron chi connectivity index (χ2n) is 3.45. The number of halogens is 1. The molecule has 1 aromatic carbocycles. The number of hydrogen-bond donors (Lipinski definition) is 0. The molecule has 14 heavy (non-hydrogen) atoms. The minimum Gasteiger partial charge on any atom is -0.303 e. The SMILES string of the molecule is CCc1ccc(CCl)cc1C(C)C=O. The molecule has 1 nitrogen and oxygen atoms in total. The number of benzene rings is 1. The molecule has 0 aliphatic rings. The molecule has 0 aliphatic carbocycles. The maximum Gasteiger partial charge on any atom is 0.127 e. The van der Waals surface area contributed by atoms with Crippen molar-refractivity contribution in [3.8, 4) is 0 Å². The van der Waals surface area contributed by atoms with E-state index in [-0.39, 0.29) is 5.92 Å². The smallest absolute Gasteiger partial charge is 0.127 e. The van der Waals surface area contributed by atoms with Crippen LogP contribution in [0.2, 0.25) is 0 Å². The van der Waals surface area contributed by atoms with E-state index in [1.165, 1.54) is 5.56 Å². The van der Waals surface area contributed by atoms with Crippen molar-refractivity contribution >= 4 is 17.9 Å². The number of aryl methyl sites for hydroxylation is 1. The highest BCUT2D eigenvalue weighted by atomic mass is 35.5. The fourth-order valence-corrected chi connectivity index (χ4v) is 1.71. The van der Waals surface area contributed by atoms with Gasteiger partial charge in [-0.15, -0.1) is 11.6 Å². The van der Waals surface area contributed by atoms with Crippen LogP contribution >= 0.6 is 11.6 Å². The van der Waals surface area contributed by atoms with E-state index in [2.05, 4.69) is 13.0 Å². The highest BCUT2D eigenvalue weighted by molar-refractivity contribution is 6.17. The standard InChI is InChI=1S/C12H15ClO/c1-3-11-5-4-10(7-13)6-12(11)9(2)8-14/h4-6,8-9H,3,7H2,1-2H3. The first-order valence-electron chi connectivity index (χ1n) is 4.85. The lowest BCUT2D eigenvalue weighted by Crippen LogP contribution is -2.00. The molecule has 0 saturated heterocycles. The third-order valence-corrected chi connectivity index (χ3v) is 2.75. The first kappa shape index (κ1) is 11.3. The van der Waals surface area contributed by atoms with Crippen molar-refractivity contribution in [1.82, 2.24) is 0 Å². The summed E-state index contributed by atoms with van der Waals surface area (Å²) in [4.78, 5) is 10.7. The van der Waals surface area contributed by atoms with E-state index >= 15 is 0 Å². The summed E-state index contributed by atoms with van der Waals surface area (Å²) in [5, 5.41) is 0. The Hall–Kier alpha value is -0.820. The summed E-state index contributed by atoms with van der Waals surface area (Å²) in [6, 6.07) is 6.12. The Morgan fingerprint density at radius 2 is 2.21 bits per heavy atom. The summed E-state index contributed by atoms with van der Waals surface area (Å²) in [7, 11) is 0. The molecular weight excluding hydrogens is 196 g/mol. The maximum absolute atomic E-state index is 10.7. The third kappa shape index (κ3) is 2.36. The van der Waals surface area contributed by atoms with Crippen molar-refractivity contribution < 1.29 is 4.79 Å². The van der Waals surface area contributed by atoms with Gasteiger partial charge in [0.05, 0.1) is 0 Å². The highest BCUT2D eigenvalue weighted by Gasteiger charge is 2.09. The number of alkyl halides is 1. The molecule has 1 aromatic rings. The Labute approximate surface area is 90.1 Å². The molecule has 0 aromatic heterocycles. The summed E-state index contributed by atoms with van der Waals surface area (Å²) in [6.07, 6.45) is 1.93. The Bertz CT molecular complexity index is 320.